The van der Waals surface area contributed by atoms with Gasteiger partial charge in [-0.25, -0.2) is 4.68 Å². The quantitative estimate of drug-likeness (QED) is 0.494. The summed E-state index contributed by atoms with van der Waals surface area (Å²) in [6.45, 7) is 6.28. The molecule has 1 fully saturated rings. The van der Waals surface area contributed by atoms with Crippen LogP contribution in [-0.4, -0.2) is 32.9 Å². The molecule has 1 aromatic heterocycles. The summed E-state index contributed by atoms with van der Waals surface area (Å²) in [5.74, 6) is -0.909. The molecule has 0 saturated carbocycles. The van der Waals surface area contributed by atoms with Crippen molar-refractivity contribution in [3.05, 3.63) is 82.7 Å². The second-order valence-electron chi connectivity index (χ2n) is 7.69. The van der Waals surface area contributed by atoms with Gasteiger partial charge in [0.05, 0.1) is 28.7 Å². The van der Waals surface area contributed by atoms with Crippen molar-refractivity contribution in [1.82, 2.24) is 14.7 Å². The first-order valence-electron chi connectivity index (χ1n) is 10.0. The summed E-state index contributed by atoms with van der Waals surface area (Å²) in [5, 5.41) is 4.52. The Kier molecular flexibility index (Phi) is 5.05. The number of ketones is 1. The van der Waals surface area contributed by atoms with Gasteiger partial charge in [-0.05, 0) is 51.3 Å². The van der Waals surface area contributed by atoms with Crippen LogP contribution >= 0.6 is 0 Å². The molecular formula is C24H25N3O2. The van der Waals surface area contributed by atoms with Gasteiger partial charge in [-0.3, -0.25) is 9.59 Å². The van der Waals surface area contributed by atoms with Crippen LogP contribution in [0.1, 0.15) is 51.8 Å². The maximum atomic E-state index is 13.2. The number of rotatable bonds is 4. The molecule has 1 aliphatic rings. The molecule has 0 spiro atoms. The number of para-hydroxylation sites is 1. The first-order chi connectivity index (χ1) is 14.0. The van der Waals surface area contributed by atoms with Crippen LogP contribution in [0, 0.1) is 20.8 Å². The minimum Gasteiger partial charge on any atom is -0.329 e. The second-order valence-corrected chi connectivity index (χ2v) is 7.69. The lowest BCUT2D eigenvalue weighted by atomic mass is 10.0. The maximum Gasteiger partial charge on any atom is 0.295 e. The van der Waals surface area contributed by atoms with E-state index in [0.717, 1.165) is 24.1 Å². The van der Waals surface area contributed by atoms with Crippen LogP contribution in [0.5, 0.6) is 0 Å². The van der Waals surface area contributed by atoms with Crippen molar-refractivity contribution < 1.29 is 9.59 Å². The number of carbonyl (C=O) groups excluding carboxylic acids is 2. The number of amides is 1. The van der Waals surface area contributed by atoms with E-state index in [2.05, 4.69) is 29.4 Å². The predicted octanol–water partition coefficient (Wildman–Crippen LogP) is 4.34. The molecule has 0 aliphatic carbocycles. The van der Waals surface area contributed by atoms with Gasteiger partial charge in [-0.1, -0.05) is 48.0 Å². The third-order valence-electron chi connectivity index (χ3n) is 5.69. The Hall–Kier alpha value is -3.21. The predicted molar refractivity (Wildman–Crippen MR) is 112 cm³/mol. The Morgan fingerprint density at radius 1 is 0.966 bits per heavy atom. The van der Waals surface area contributed by atoms with Crippen LogP contribution in [0.2, 0.25) is 0 Å². The highest BCUT2D eigenvalue weighted by Gasteiger charge is 2.35. The molecule has 0 N–H and O–H groups in total. The van der Waals surface area contributed by atoms with E-state index in [1.54, 1.807) is 16.5 Å². The lowest BCUT2D eigenvalue weighted by molar-refractivity contribution is -0.127. The zero-order valence-corrected chi connectivity index (χ0v) is 17.1. The van der Waals surface area contributed by atoms with E-state index in [1.807, 2.05) is 44.2 Å². The molecule has 1 amide bonds. The highest BCUT2D eigenvalue weighted by Crippen LogP contribution is 2.33. The van der Waals surface area contributed by atoms with Crippen LogP contribution < -0.4 is 0 Å². The molecular weight excluding hydrogens is 362 g/mol. The average molecular weight is 387 g/mol. The van der Waals surface area contributed by atoms with Crippen molar-refractivity contribution in [2.45, 2.75) is 39.7 Å². The molecule has 4 rings (SSSR count). The summed E-state index contributed by atoms with van der Waals surface area (Å²) in [4.78, 5) is 28.1. The Bertz CT molecular complexity index is 1050. The number of hydrogen-bond acceptors (Lipinski definition) is 3. The Labute approximate surface area is 171 Å². The molecule has 0 bridgehead atoms. The fourth-order valence-corrected chi connectivity index (χ4v) is 4.17. The van der Waals surface area contributed by atoms with Crippen molar-refractivity contribution in [3.63, 3.8) is 0 Å². The number of Topliss-reactive ketones (excluding diaryl/α,β-unsaturated/α-hetero) is 1. The summed E-state index contributed by atoms with van der Waals surface area (Å²) >= 11 is 0. The number of aryl methyl sites for hydroxylation is 2. The van der Waals surface area contributed by atoms with Gasteiger partial charge in [0.25, 0.3) is 11.7 Å². The topological polar surface area (TPSA) is 55.2 Å². The number of likely N-dealkylation sites (tertiary alicyclic amines) is 1. The molecule has 5 nitrogen and oxygen atoms in total. The lowest BCUT2D eigenvalue weighted by Crippen LogP contribution is -2.36. The fraction of sp³-hybridized carbons (Fsp3) is 0.292. The van der Waals surface area contributed by atoms with Crippen molar-refractivity contribution in [2.75, 3.05) is 6.54 Å². The smallest absolute Gasteiger partial charge is 0.295 e. The molecule has 1 unspecified atom stereocenters. The number of hydrogen-bond donors (Lipinski definition) is 0. The summed E-state index contributed by atoms with van der Waals surface area (Å²) in [7, 11) is 0. The lowest BCUT2D eigenvalue weighted by Gasteiger charge is -2.24. The van der Waals surface area contributed by atoms with Crippen molar-refractivity contribution in [2.24, 2.45) is 0 Å². The maximum absolute atomic E-state index is 13.2. The van der Waals surface area contributed by atoms with Gasteiger partial charge >= 0.3 is 0 Å². The SMILES string of the molecule is Cc1ccc(C2CCCN2C(=O)C(=O)c2c(C)nn(-c3ccccc3)c2C)cc1. The third-order valence-corrected chi connectivity index (χ3v) is 5.69. The van der Waals surface area contributed by atoms with Crippen molar-refractivity contribution in [1.29, 1.82) is 0 Å². The van der Waals surface area contributed by atoms with Gasteiger partial charge in [-0.15, -0.1) is 0 Å². The van der Waals surface area contributed by atoms with Crippen LogP contribution in [-0.2, 0) is 4.79 Å². The number of benzene rings is 2. The molecule has 5 heteroatoms. The molecule has 0 radical (unpaired) electrons. The number of carbonyl (C=O) groups is 2. The second kappa shape index (κ2) is 7.66. The average Bonchev–Trinajstić information content (AvgIpc) is 3.33. The summed E-state index contributed by atoms with van der Waals surface area (Å²) in [5.41, 5.74) is 4.82. The number of nitrogens with zero attached hydrogens (tertiary/aromatic N) is 3. The molecule has 2 aromatic carbocycles. The molecule has 1 atom stereocenters. The Balaban J connectivity index is 1.63. The van der Waals surface area contributed by atoms with Gasteiger partial charge < -0.3 is 4.90 Å². The van der Waals surface area contributed by atoms with E-state index in [0.29, 0.717) is 23.5 Å². The highest BCUT2D eigenvalue weighted by atomic mass is 16.2. The first kappa shape index (κ1) is 19.1. The Morgan fingerprint density at radius 3 is 2.34 bits per heavy atom. The molecule has 148 valence electrons. The van der Waals surface area contributed by atoms with Crippen LogP contribution in [0.25, 0.3) is 5.69 Å². The molecule has 2 heterocycles. The monoisotopic (exact) mass is 387 g/mol. The molecule has 3 aromatic rings. The molecule has 1 aliphatic heterocycles. The van der Waals surface area contributed by atoms with E-state index in [9.17, 15) is 9.59 Å². The zero-order chi connectivity index (χ0) is 20.5. The van der Waals surface area contributed by atoms with E-state index in [4.69, 9.17) is 0 Å². The zero-order valence-electron chi connectivity index (χ0n) is 17.1. The van der Waals surface area contributed by atoms with Gasteiger partial charge in [0, 0.05) is 6.54 Å². The standard InChI is InChI=1S/C24H25N3O2/c1-16-11-13-19(14-12-16)21-10-7-15-26(21)24(29)23(28)22-17(2)25-27(18(22)3)20-8-5-4-6-9-20/h4-6,8-9,11-14,21H,7,10,15H2,1-3H3. The summed E-state index contributed by atoms with van der Waals surface area (Å²) in [6, 6.07) is 17.8. The van der Waals surface area contributed by atoms with Gasteiger partial charge in [0.1, 0.15) is 0 Å². The minimum absolute atomic E-state index is 0.0446. The minimum atomic E-state index is -0.471. The summed E-state index contributed by atoms with van der Waals surface area (Å²) in [6.07, 6.45) is 1.78. The number of aromatic nitrogens is 2. The highest BCUT2D eigenvalue weighted by molar-refractivity contribution is 6.43. The van der Waals surface area contributed by atoms with Crippen LogP contribution in [0.4, 0.5) is 0 Å². The third kappa shape index (κ3) is 3.48. The van der Waals surface area contributed by atoms with Crippen LogP contribution in [0.15, 0.2) is 54.6 Å². The van der Waals surface area contributed by atoms with E-state index in [1.165, 1.54) is 5.56 Å². The fourth-order valence-electron chi connectivity index (χ4n) is 4.17. The van der Waals surface area contributed by atoms with E-state index >= 15 is 0 Å². The molecule has 1 saturated heterocycles. The van der Waals surface area contributed by atoms with Gasteiger partial charge in [0.15, 0.2) is 0 Å². The first-order valence-corrected chi connectivity index (χ1v) is 10.0. The van der Waals surface area contributed by atoms with Gasteiger partial charge in [0.2, 0.25) is 0 Å². The van der Waals surface area contributed by atoms with Crippen molar-refractivity contribution >= 4 is 11.7 Å². The summed E-state index contributed by atoms with van der Waals surface area (Å²) < 4.78 is 1.73. The largest absolute Gasteiger partial charge is 0.329 e. The van der Waals surface area contributed by atoms with E-state index < -0.39 is 11.7 Å². The molecule has 29 heavy (non-hydrogen) atoms. The van der Waals surface area contributed by atoms with Gasteiger partial charge in [-0.2, -0.15) is 5.10 Å². The van der Waals surface area contributed by atoms with E-state index in [-0.39, 0.29) is 6.04 Å². The van der Waals surface area contributed by atoms with Crippen molar-refractivity contribution in [3.8, 4) is 5.69 Å². The Morgan fingerprint density at radius 2 is 1.66 bits per heavy atom. The van der Waals surface area contributed by atoms with Crippen LogP contribution in [0.3, 0.4) is 0 Å². The normalized spacial score (nSPS) is 16.2.